The van der Waals surface area contributed by atoms with Crippen molar-refractivity contribution in [2.75, 3.05) is 5.32 Å². The second kappa shape index (κ2) is 6.63. The topological polar surface area (TPSA) is 103 Å². The average molecular weight is 407 g/mol. The third kappa shape index (κ3) is 2.85. The van der Waals surface area contributed by atoms with E-state index in [1.54, 1.807) is 28.2 Å². The minimum absolute atomic E-state index is 0.0125. The Morgan fingerprint density at radius 2 is 2.17 bits per heavy atom. The molecule has 2 aromatic heterocycles. The standard InChI is InChI=1S/C20H17N5O3S/c1-11-8-9-29-18(11)17-16-14(6-3-7-15(16)26)21-20-22-19(23-24(17)20)12-4-2-5-13(10-12)25(27)28/h2,4-5,8-10,17H,3,6-7H2,1H3,(H,21,22,23). The molecule has 3 heterocycles. The zero-order chi connectivity index (χ0) is 20.1. The Bertz CT molecular complexity index is 1190. The van der Waals surface area contributed by atoms with E-state index in [-0.39, 0.29) is 17.5 Å². The minimum atomic E-state index is -0.436. The first-order valence-corrected chi connectivity index (χ1v) is 10.2. The Hall–Kier alpha value is -3.33. The third-order valence-corrected chi connectivity index (χ3v) is 6.40. The van der Waals surface area contributed by atoms with Crippen LogP contribution >= 0.6 is 11.3 Å². The van der Waals surface area contributed by atoms with Gasteiger partial charge in [-0.15, -0.1) is 16.4 Å². The largest absolute Gasteiger partial charge is 0.328 e. The number of fused-ring (bicyclic) bond motifs is 1. The van der Waals surface area contributed by atoms with Crippen molar-refractivity contribution in [1.82, 2.24) is 14.8 Å². The lowest BCUT2D eigenvalue weighted by Crippen LogP contribution is -2.31. The van der Waals surface area contributed by atoms with E-state index in [1.807, 2.05) is 18.4 Å². The number of aromatic nitrogens is 3. The molecule has 0 fully saturated rings. The molecule has 2 aliphatic rings. The summed E-state index contributed by atoms with van der Waals surface area (Å²) in [5.41, 5.74) is 3.31. The predicted molar refractivity (Wildman–Crippen MR) is 109 cm³/mol. The van der Waals surface area contributed by atoms with Crippen LogP contribution in [0.1, 0.15) is 35.7 Å². The Morgan fingerprint density at radius 1 is 1.31 bits per heavy atom. The highest BCUT2D eigenvalue weighted by Crippen LogP contribution is 2.43. The summed E-state index contributed by atoms with van der Waals surface area (Å²) >= 11 is 1.60. The molecule has 0 bridgehead atoms. The Kier molecular flexibility index (Phi) is 4.06. The molecular weight excluding hydrogens is 390 g/mol. The van der Waals surface area contributed by atoms with Crippen molar-refractivity contribution in [2.45, 2.75) is 32.2 Å². The number of ketones is 1. The van der Waals surface area contributed by atoms with Gasteiger partial charge in [0.1, 0.15) is 6.04 Å². The van der Waals surface area contributed by atoms with Crippen LogP contribution in [-0.4, -0.2) is 25.5 Å². The van der Waals surface area contributed by atoms with Crippen molar-refractivity contribution >= 4 is 28.8 Å². The molecule has 1 unspecified atom stereocenters. The summed E-state index contributed by atoms with van der Waals surface area (Å²) in [7, 11) is 0. The van der Waals surface area contributed by atoms with Crippen molar-refractivity contribution in [3.8, 4) is 11.4 Å². The normalized spacial score (nSPS) is 18.2. The lowest BCUT2D eigenvalue weighted by atomic mass is 9.87. The summed E-state index contributed by atoms with van der Waals surface area (Å²) in [6, 6.07) is 7.98. The smallest absolute Gasteiger partial charge is 0.270 e. The summed E-state index contributed by atoms with van der Waals surface area (Å²) in [5.74, 6) is 1.08. The number of nitrogens with zero attached hydrogens (tertiary/aromatic N) is 4. The van der Waals surface area contributed by atoms with Crippen LogP contribution in [-0.2, 0) is 4.79 Å². The number of hydrogen-bond donors (Lipinski definition) is 1. The van der Waals surface area contributed by atoms with Crippen molar-refractivity contribution in [3.05, 3.63) is 67.5 Å². The van der Waals surface area contributed by atoms with Gasteiger partial charge in [-0.3, -0.25) is 14.9 Å². The molecule has 0 radical (unpaired) electrons. The van der Waals surface area contributed by atoms with Gasteiger partial charge in [0, 0.05) is 40.3 Å². The van der Waals surface area contributed by atoms with E-state index in [9.17, 15) is 14.9 Å². The molecule has 5 rings (SSSR count). The molecule has 9 heteroatoms. The third-order valence-electron chi connectivity index (χ3n) is 5.33. The van der Waals surface area contributed by atoms with Gasteiger partial charge in [0.15, 0.2) is 11.6 Å². The zero-order valence-corrected chi connectivity index (χ0v) is 16.4. The Morgan fingerprint density at radius 3 is 2.93 bits per heavy atom. The number of benzene rings is 1. The predicted octanol–water partition coefficient (Wildman–Crippen LogP) is 4.25. The maximum absolute atomic E-state index is 12.8. The maximum atomic E-state index is 12.8. The number of carbonyl (C=O) groups excluding carboxylic acids is 1. The number of thiophene rings is 1. The van der Waals surface area contributed by atoms with Crippen LogP contribution in [0.3, 0.4) is 0 Å². The summed E-state index contributed by atoms with van der Waals surface area (Å²) < 4.78 is 1.75. The molecule has 0 saturated carbocycles. The van der Waals surface area contributed by atoms with Gasteiger partial charge in [0.25, 0.3) is 5.69 Å². The fourth-order valence-corrected chi connectivity index (χ4v) is 4.96. The highest BCUT2D eigenvalue weighted by molar-refractivity contribution is 7.10. The first kappa shape index (κ1) is 17.7. The van der Waals surface area contributed by atoms with E-state index in [2.05, 4.69) is 15.4 Å². The van der Waals surface area contributed by atoms with Crippen LogP contribution in [0, 0.1) is 17.0 Å². The van der Waals surface area contributed by atoms with E-state index in [1.165, 1.54) is 12.1 Å². The molecule has 3 aromatic rings. The number of nitro benzene ring substituents is 1. The molecule has 0 amide bonds. The van der Waals surface area contributed by atoms with Crippen LogP contribution in [0.4, 0.5) is 11.6 Å². The average Bonchev–Trinajstić information content (AvgIpc) is 3.32. The van der Waals surface area contributed by atoms with E-state index in [0.29, 0.717) is 23.8 Å². The van der Waals surface area contributed by atoms with Gasteiger partial charge >= 0.3 is 0 Å². The monoisotopic (exact) mass is 407 g/mol. The first-order valence-electron chi connectivity index (χ1n) is 9.31. The number of Topliss-reactive ketones (excluding diaryl/α,β-unsaturated/α-hetero) is 1. The SMILES string of the molecule is Cc1ccsc1C1C2=C(CCCC2=O)Nc2nc(-c3cccc([N+](=O)[O-])c3)nn21. The molecule has 8 nitrogen and oxygen atoms in total. The van der Waals surface area contributed by atoms with Crippen molar-refractivity contribution < 1.29 is 9.72 Å². The number of allylic oxidation sites excluding steroid dienone is 2. The van der Waals surface area contributed by atoms with Crippen LogP contribution in [0.25, 0.3) is 11.4 Å². The number of carbonyl (C=O) groups is 1. The van der Waals surface area contributed by atoms with E-state index in [4.69, 9.17) is 0 Å². The molecule has 1 aliphatic carbocycles. The maximum Gasteiger partial charge on any atom is 0.270 e. The zero-order valence-electron chi connectivity index (χ0n) is 15.6. The van der Waals surface area contributed by atoms with Crippen molar-refractivity contribution in [2.24, 2.45) is 0 Å². The summed E-state index contributed by atoms with van der Waals surface area (Å²) in [6.07, 6.45) is 2.14. The molecule has 1 N–H and O–H groups in total. The molecule has 146 valence electrons. The number of rotatable bonds is 3. The lowest BCUT2D eigenvalue weighted by Gasteiger charge is -2.31. The van der Waals surface area contributed by atoms with Gasteiger partial charge in [0.05, 0.1) is 4.92 Å². The van der Waals surface area contributed by atoms with Crippen LogP contribution in [0.5, 0.6) is 0 Å². The number of nitrogens with one attached hydrogen (secondary N) is 1. The van der Waals surface area contributed by atoms with E-state index >= 15 is 0 Å². The molecular formula is C20H17N5O3S. The number of nitro groups is 1. The minimum Gasteiger partial charge on any atom is -0.328 e. The fourth-order valence-electron chi connectivity index (χ4n) is 3.94. The van der Waals surface area contributed by atoms with Gasteiger partial charge < -0.3 is 5.32 Å². The second-order valence-electron chi connectivity index (χ2n) is 7.18. The summed E-state index contributed by atoms with van der Waals surface area (Å²) in [6.45, 7) is 2.03. The number of non-ortho nitro benzene ring substituents is 1. The molecule has 1 aromatic carbocycles. The summed E-state index contributed by atoms with van der Waals surface area (Å²) in [5, 5.41) is 21.1. The van der Waals surface area contributed by atoms with Gasteiger partial charge in [-0.05, 0) is 36.8 Å². The number of aryl methyl sites for hydroxylation is 1. The van der Waals surface area contributed by atoms with Gasteiger partial charge in [-0.1, -0.05) is 12.1 Å². The quantitative estimate of drug-likeness (QED) is 0.514. The van der Waals surface area contributed by atoms with E-state index in [0.717, 1.165) is 34.6 Å². The van der Waals surface area contributed by atoms with Crippen LogP contribution in [0.15, 0.2) is 47.0 Å². The fraction of sp³-hybridized carbons (Fsp3) is 0.250. The van der Waals surface area contributed by atoms with Gasteiger partial charge in [-0.25, -0.2) is 4.68 Å². The van der Waals surface area contributed by atoms with Crippen molar-refractivity contribution in [1.29, 1.82) is 0 Å². The highest BCUT2D eigenvalue weighted by atomic mass is 32.1. The molecule has 0 saturated heterocycles. The number of hydrogen-bond acceptors (Lipinski definition) is 7. The summed E-state index contributed by atoms with van der Waals surface area (Å²) in [4.78, 5) is 29.2. The second-order valence-corrected chi connectivity index (χ2v) is 8.12. The van der Waals surface area contributed by atoms with Crippen molar-refractivity contribution in [3.63, 3.8) is 0 Å². The van der Waals surface area contributed by atoms with E-state index < -0.39 is 4.92 Å². The molecule has 1 aliphatic heterocycles. The molecule has 1 atom stereocenters. The van der Waals surface area contributed by atoms with Crippen LogP contribution in [0.2, 0.25) is 0 Å². The van der Waals surface area contributed by atoms with Crippen LogP contribution < -0.4 is 5.32 Å². The lowest BCUT2D eigenvalue weighted by molar-refractivity contribution is -0.384. The highest BCUT2D eigenvalue weighted by Gasteiger charge is 2.38. The first-order chi connectivity index (χ1) is 14.0. The Labute approximate surface area is 170 Å². The van der Waals surface area contributed by atoms with Gasteiger partial charge in [-0.2, -0.15) is 4.98 Å². The Balaban J connectivity index is 1.67. The number of anilines is 1. The molecule has 29 heavy (non-hydrogen) atoms. The molecule has 0 spiro atoms. The van der Waals surface area contributed by atoms with Gasteiger partial charge in [0.2, 0.25) is 5.95 Å².